The van der Waals surface area contributed by atoms with Gasteiger partial charge < -0.3 is 5.73 Å². The number of benzene rings is 1. The van der Waals surface area contributed by atoms with Gasteiger partial charge in [-0.15, -0.1) is 11.3 Å². The Balaban J connectivity index is 2.17. The summed E-state index contributed by atoms with van der Waals surface area (Å²) in [7, 11) is 0. The van der Waals surface area contributed by atoms with Crippen LogP contribution in [0.25, 0.3) is 0 Å². The summed E-state index contributed by atoms with van der Waals surface area (Å²) in [6, 6.07) is 2.94. The highest BCUT2D eigenvalue weighted by Crippen LogP contribution is 2.20. The van der Waals surface area contributed by atoms with Crippen LogP contribution in [0, 0.1) is 18.6 Å². The van der Waals surface area contributed by atoms with Crippen molar-refractivity contribution in [2.24, 2.45) is 5.73 Å². The molecule has 17 heavy (non-hydrogen) atoms. The first-order chi connectivity index (χ1) is 8.06. The molecule has 0 amide bonds. The molecule has 1 aromatic heterocycles. The normalized spacial score (nSPS) is 12.7. The van der Waals surface area contributed by atoms with Crippen molar-refractivity contribution in [2.75, 3.05) is 0 Å². The Morgan fingerprint density at radius 3 is 2.76 bits per heavy atom. The number of thiazole rings is 1. The van der Waals surface area contributed by atoms with Crippen molar-refractivity contribution in [1.29, 1.82) is 0 Å². The van der Waals surface area contributed by atoms with Crippen molar-refractivity contribution in [2.45, 2.75) is 19.4 Å². The molecule has 2 nitrogen and oxygen atoms in total. The second kappa shape index (κ2) is 4.89. The monoisotopic (exact) mass is 254 g/mol. The molecule has 2 aromatic rings. The highest BCUT2D eigenvalue weighted by Gasteiger charge is 2.14. The van der Waals surface area contributed by atoms with Crippen LogP contribution in [0.3, 0.4) is 0 Å². The zero-order valence-corrected chi connectivity index (χ0v) is 10.1. The maximum absolute atomic E-state index is 13.5. The molecule has 0 aliphatic heterocycles. The molecule has 0 fully saturated rings. The van der Waals surface area contributed by atoms with E-state index in [2.05, 4.69) is 4.98 Å². The van der Waals surface area contributed by atoms with E-state index in [1.54, 1.807) is 0 Å². The Bertz CT molecular complexity index is 525. The summed E-state index contributed by atoms with van der Waals surface area (Å²) >= 11 is 1.53. The lowest BCUT2D eigenvalue weighted by Gasteiger charge is -2.11. The van der Waals surface area contributed by atoms with E-state index in [0.717, 1.165) is 16.8 Å². The second-order valence-electron chi connectivity index (χ2n) is 3.83. The van der Waals surface area contributed by atoms with Crippen molar-refractivity contribution in [3.63, 3.8) is 0 Å². The fraction of sp³-hybridized carbons (Fsp3) is 0.250. The van der Waals surface area contributed by atoms with E-state index in [1.807, 2.05) is 12.3 Å². The summed E-state index contributed by atoms with van der Waals surface area (Å²) in [5, 5.41) is 2.85. The van der Waals surface area contributed by atoms with Gasteiger partial charge >= 0.3 is 0 Å². The summed E-state index contributed by atoms with van der Waals surface area (Å²) in [6.07, 6.45) is 0.451. The number of aromatic nitrogens is 1. The number of rotatable bonds is 3. The Morgan fingerprint density at radius 1 is 1.41 bits per heavy atom. The van der Waals surface area contributed by atoms with Gasteiger partial charge in [-0.05, 0) is 13.0 Å². The summed E-state index contributed by atoms with van der Waals surface area (Å²) in [6.45, 7) is 1.90. The molecule has 5 heteroatoms. The van der Waals surface area contributed by atoms with Crippen LogP contribution in [-0.4, -0.2) is 4.98 Å². The lowest BCUT2D eigenvalue weighted by atomic mass is 10.0. The molecule has 0 spiro atoms. The van der Waals surface area contributed by atoms with Gasteiger partial charge in [-0.3, -0.25) is 0 Å². The van der Waals surface area contributed by atoms with Crippen molar-refractivity contribution < 1.29 is 8.78 Å². The number of hydrogen-bond donors (Lipinski definition) is 1. The maximum atomic E-state index is 13.5. The second-order valence-corrected chi connectivity index (χ2v) is 4.90. The van der Waals surface area contributed by atoms with Gasteiger partial charge in [0.15, 0.2) is 0 Å². The summed E-state index contributed by atoms with van der Waals surface area (Å²) in [4.78, 5) is 4.27. The average Bonchev–Trinajstić information content (AvgIpc) is 2.63. The quantitative estimate of drug-likeness (QED) is 0.914. The first kappa shape index (κ1) is 12.1. The zero-order chi connectivity index (χ0) is 12.4. The van der Waals surface area contributed by atoms with Crippen LogP contribution in [0.2, 0.25) is 0 Å². The van der Waals surface area contributed by atoms with Gasteiger partial charge in [-0.25, -0.2) is 13.8 Å². The maximum Gasteiger partial charge on any atom is 0.130 e. The molecule has 0 saturated heterocycles. The van der Waals surface area contributed by atoms with E-state index in [1.165, 1.54) is 23.5 Å². The van der Waals surface area contributed by atoms with E-state index >= 15 is 0 Å². The molecule has 0 aliphatic carbocycles. The average molecular weight is 254 g/mol. The number of hydrogen-bond acceptors (Lipinski definition) is 3. The van der Waals surface area contributed by atoms with Crippen LogP contribution in [0.15, 0.2) is 23.6 Å². The molecule has 0 saturated carbocycles. The van der Waals surface area contributed by atoms with Crippen molar-refractivity contribution in [3.05, 3.63) is 51.5 Å². The molecule has 90 valence electrons. The third-order valence-electron chi connectivity index (χ3n) is 2.46. The van der Waals surface area contributed by atoms with Gasteiger partial charge in [-0.1, -0.05) is 6.07 Å². The molecular formula is C12H12F2N2S. The van der Waals surface area contributed by atoms with E-state index in [9.17, 15) is 8.78 Å². The molecule has 0 aliphatic rings. The fourth-order valence-corrected chi connectivity index (χ4v) is 2.26. The van der Waals surface area contributed by atoms with E-state index in [-0.39, 0.29) is 0 Å². The lowest BCUT2D eigenvalue weighted by molar-refractivity contribution is 0.553. The fourth-order valence-electron chi connectivity index (χ4n) is 1.64. The van der Waals surface area contributed by atoms with Crippen LogP contribution in [0.1, 0.15) is 22.3 Å². The predicted molar refractivity (Wildman–Crippen MR) is 63.8 cm³/mol. The molecule has 2 rings (SSSR count). The van der Waals surface area contributed by atoms with E-state index < -0.39 is 17.7 Å². The van der Waals surface area contributed by atoms with Crippen molar-refractivity contribution >= 4 is 11.3 Å². The van der Waals surface area contributed by atoms with Crippen LogP contribution in [0.4, 0.5) is 8.78 Å². The van der Waals surface area contributed by atoms with Gasteiger partial charge in [0.25, 0.3) is 0 Å². The van der Waals surface area contributed by atoms with Gasteiger partial charge in [0.05, 0.1) is 10.7 Å². The van der Waals surface area contributed by atoms with Crippen LogP contribution in [-0.2, 0) is 6.42 Å². The molecule has 1 aromatic carbocycles. The van der Waals surface area contributed by atoms with E-state index in [0.29, 0.717) is 12.0 Å². The minimum Gasteiger partial charge on any atom is -0.324 e. The molecule has 0 bridgehead atoms. The summed E-state index contributed by atoms with van der Waals surface area (Å²) in [5.74, 6) is -1.20. The Kier molecular flexibility index (Phi) is 3.49. The zero-order valence-electron chi connectivity index (χ0n) is 9.28. The Hall–Kier alpha value is -1.33. The lowest BCUT2D eigenvalue weighted by Crippen LogP contribution is -2.15. The largest absolute Gasteiger partial charge is 0.324 e. The number of halogens is 2. The minimum atomic E-state index is -0.607. The van der Waals surface area contributed by atoms with Crippen LogP contribution >= 0.6 is 11.3 Å². The summed E-state index contributed by atoms with van der Waals surface area (Å²) < 4.78 is 26.2. The first-order valence-electron chi connectivity index (χ1n) is 5.18. The van der Waals surface area contributed by atoms with Crippen molar-refractivity contribution in [1.82, 2.24) is 4.98 Å². The number of nitrogens with two attached hydrogens (primary N) is 1. The van der Waals surface area contributed by atoms with Gasteiger partial charge in [0.1, 0.15) is 11.6 Å². The smallest absolute Gasteiger partial charge is 0.130 e. The number of aryl methyl sites for hydroxylation is 1. The SMILES string of the molecule is Cc1nc(CC(N)c2ccc(F)cc2F)cs1. The van der Waals surface area contributed by atoms with E-state index in [4.69, 9.17) is 5.73 Å². The minimum absolute atomic E-state index is 0.317. The molecular weight excluding hydrogens is 242 g/mol. The van der Waals surface area contributed by atoms with Crippen LogP contribution in [0.5, 0.6) is 0 Å². The predicted octanol–water partition coefficient (Wildman–Crippen LogP) is 2.97. The van der Waals surface area contributed by atoms with Gasteiger partial charge in [-0.2, -0.15) is 0 Å². The third kappa shape index (κ3) is 2.87. The highest BCUT2D eigenvalue weighted by molar-refractivity contribution is 7.09. The molecule has 1 atom stereocenters. The van der Waals surface area contributed by atoms with Crippen molar-refractivity contribution in [3.8, 4) is 0 Å². The molecule has 1 heterocycles. The Morgan fingerprint density at radius 2 is 2.18 bits per heavy atom. The third-order valence-corrected chi connectivity index (χ3v) is 3.28. The Labute approximate surface area is 102 Å². The molecule has 2 N–H and O–H groups in total. The van der Waals surface area contributed by atoms with Gasteiger partial charge in [0, 0.05) is 29.5 Å². The first-order valence-corrected chi connectivity index (χ1v) is 6.06. The topological polar surface area (TPSA) is 38.9 Å². The molecule has 1 unspecified atom stereocenters. The number of nitrogens with zero attached hydrogens (tertiary/aromatic N) is 1. The molecule has 0 radical (unpaired) electrons. The summed E-state index contributed by atoms with van der Waals surface area (Å²) in [5.41, 5.74) is 7.04. The van der Waals surface area contributed by atoms with Gasteiger partial charge in [0.2, 0.25) is 0 Å². The standard InChI is InChI=1S/C12H12F2N2S/c1-7-16-9(6-17-7)5-12(15)10-3-2-8(13)4-11(10)14/h2-4,6,12H,5,15H2,1H3. The van der Waals surface area contributed by atoms with Crippen LogP contribution < -0.4 is 5.73 Å². The highest BCUT2D eigenvalue weighted by atomic mass is 32.1.